The van der Waals surface area contributed by atoms with Crippen LogP contribution in [0.25, 0.3) is 0 Å². The van der Waals surface area contributed by atoms with Gasteiger partial charge in [-0.25, -0.2) is 8.78 Å². The summed E-state index contributed by atoms with van der Waals surface area (Å²) in [6.07, 6.45) is 0. The van der Waals surface area contributed by atoms with Crippen molar-refractivity contribution < 1.29 is 8.78 Å². The van der Waals surface area contributed by atoms with E-state index in [4.69, 9.17) is 5.73 Å². The van der Waals surface area contributed by atoms with Crippen molar-refractivity contribution >= 4 is 43.2 Å². The van der Waals surface area contributed by atoms with Crippen LogP contribution in [0.4, 0.5) is 8.78 Å². The van der Waals surface area contributed by atoms with Crippen LogP contribution in [0.5, 0.6) is 0 Å². The zero-order valence-corrected chi connectivity index (χ0v) is 12.4. The molecule has 0 fully saturated rings. The predicted molar refractivity (Wildman–Crippen MR) is 72.1 cm³/mol. The van der Waals surface area contributed by atoms with Gasteiger partial charge in [0.15, 0.2) is 0 Å². The molecule has 0 amide bonds. The van der Waals surface area contributed by atoms with E-state index in [0.717, 1.165) is 19.2 Å². The normalized spacial score (nSPS) is 12.8. The largest absolute Gasteiger partial charge is 0.320 e. The third-order valence-electron chi connectivity index (χ3n) is 2.21. The van der Waals surface area contributed by atoms with E-state index in [1.54, 1.807) is 0 Å². The lowest BCUT2D eigenvalue weighted by Crippen LogP contribution is -2.10. The average molecular weight is 383 g/mol. The highest BCUT2D eigenvalue weighted by atomic mass is 79.9. The van der Waals surface area contributed by atoms with Gasteiger partial charge < -0.3 is 5.73 Å². The highest BCUT2D eigenvalue weighted by molar-refractivity contribution is 9.13. The van der Waals surface area contributed by atoms with Gasteiger partial charge in [-0.3, -0.25) is 0 Å². The molecule has 0 aliphatic heterocycles. The number of halogens is 4. The quantitative estimate of drug-likeness (QED) is 0.806. The molecule has 1 aromatic heterocycles. The molecule has 1 nitrogen and oxygen atoms in total. The fraction of sp³-hybridized carbons (Fsp3) is 0.0909. The summed E-state index contributed by atoms with van der Waals surface area (Å²) in [5.74, 6) is -1.24. The Morgan fingerprint density at radius 1 is 1.06 bits per heavy atom. The molecule has 1 aromatic carbocycles. The Labute approximate surface area is 118 Å². The molecule has 2 N–H and O–H groups in total. The summed E-state index contributed by atoms with van der Waals surface area (Å²) in [5, 5.41) is 0. The first-order chi connectivity index (χ1) is 7.97. The predicted octanol–water partition coefficient (Wildman–Crippen LogP) is 4.60. The Balaban J connectivity index is 2.39. The van der Waals surface area contributed by atoms with Gasteiger partial charge in [-0.05, 0) is 55.6 Å². The molecule has 0 aliphatic carbocycles. The van der Waals surface area contributed by atoms with Crippen molar-refractivity contribution in [1.82, 2.24) is 0 Å². The minimum absolute atomic E-state index is 0.420. The number of hydrogen-bond acceptors (Lipinski definition) is 2. The van der Waals surface area contributed by atoms with E-state index < -0.39 is 17.7 Å². The van der Waals surface area contributed by atoms with Gasteiger partial charge in [-0.1, -0.05) is 0 Å². The molecular formula is C11H7Br2F2NS. The maximum atomic E-state index is 13.1. The van der Waals surface area contributed by atoms with Crippen molar-refractivity contribution in [3.63, 3.8) is 0 Å². The molecule has 1 unspecified atom stereocenters. The summed E-state index contributed by atoms with van der Waals surface area (Å²) >= 11 is 8.13. The van der Waals surface area contributed by atoms with Crippen LogP contribution in [0.15, 0.2) is 32.5 Å². The number of benzene rings is 1. The summed E-state index contributed by atoms with van der Waals surface area (Å²) < 4.78 is 27.9. The Hall–Kier alpha value is -0.300. The van der Waals surface area contributed by atoms with Crippen molar-refractivity contribution in [3.05, 3.63) is 54.6 Å². The second-order valence-corrected chi connectivity index (χ2v) is 6.71. The molecule has 1 heterocycles. The van der Waals surface area contributed by atoms with Crippen LogP contribution < -0.4 is 5.73 Å². The Bertz CT molecular complexity index is 517. The van der Waals surface area contributed by atoms with E-state index >= 15 is 0 Å². The van der Waals surface area contributed by atoms with E-state index in [1.165, 1.54) is 23.5 Å². The van der Waals surface area contributed by atoms with Crippen LogP contribution in [0.1, 0.15) is 16.5 Å². The lowest BCUT2D eigenvalue weighted by atomic mass is 10.1. The van der Waals surface area contributed by atoms with Crippen molar-refractivity contribution in [2.75, 3.05) is 0 Å². The molecule has 0 radical (unpaired) electrons. The molecule has 0 bridgehead atoms. The summed E-state index contributed by atoms with van der Waals surface area (Å²) in [6, 6.07) is 4.62. The van der Waals surface area contributed by atoms with E-state index in [1.807, 2.05) is 6.07 Å². The molecule has 2 aromatic rings. The molecule has 1 atom stereocenters. The maximum absolute atomic E-state index is 13.1. The number of thiophene rings is 1. The zero-order chi connectivity index (χ0) is 12.6. The topological polar surface area (TPSA) is 26.0 Å². The fourth-order valence-electron chi connectivity index (χ4n) is 1.44. The van der Waals surface area contributed by atoms with Crippen molar-refractivity contribution in [2.24, 2.45) is 5.73 Å². The average Bonchev–Trinajstić information content (AvgIpc) is 2.57. The SMILES string of the molecule is NC(c1cc(F)cc(F)c1)c1cc(Br)c(Br)s1. The summed E-state index contributed by atoms with van der Waals surface area (Å²) in [7, 11) is 0. The van der Waals surface area contributed by atoms with Crippen LogP contribution >= 0.6 is 43.2 Å². The number of hydrogen-bond donors (Lipinski definition) is 1. The van der Waals surface area contributed by atoms with Crippen LogP contribution in [0.3, 0.4) is 0 Å². The first-order valence-corrected chi connectivity index (χ1v) is 7.04. The van der Waals surface area contributed by atoms with Crippen molar-refractivity contribution in [3.8, 4) is 0 Å². The third-order valence-corrected chi connectivity index (χ3v) is 5.55. The van der Waals surface area contributed by atoms with E-state index in [-0.39, 0.29) is 0 Å². The Morgan fingerprint density at radius 2 is 1.65 bits per heavy atom. The van der Waals surface area contributed by atoms with Crippen molar-refractivity contribution in [1.29, 1.82) is 0 Å². The molecule has 90 valence electrons. The smallest absolute Gasteiger partial charge is 0.126 e. The molecule has 6 heteroatoms. The van der Waals surface area contributed by atoms with Gasteiger partial charge in [0.1, 0.15) is 11.6 Å². The number of nitrogens with two attached hydrogens (primary N) is 1. The molecule has 0 aliphatic rings. The second-order valence-electron chi connectivity index (χ2n) is 3.45. The second kappa shape index (κ2) is 5.14. The fourth-order valence-corrected chi connectivity index (χ4v) is 3.55. The van der Waals surface area contributed by atoms with Crippen LogP contribution in [-0.4, -0.2) is 0 Å². The van der Waals surface area contributed by atoms with E-state index in [2.05, 4.69) is 31.9 Å². The van der Waals surface area contributed by atoms with E-state index in [9.17, 15) is 8.78 Å². The van der Waals surface area contributed by atoms with Crippen LogP contribution in [0.2, 0.25) is 0 Å². The van der Waals surface area contributed by atoms with Gasteiger partial charge in [0.25, 0.3) is 0 Å². The Kier molecular flexibility index (Phi) is 3.97. The highest BCUT2D eigenvalue weighted by Crippen LogP contribution is 2.36. The first-order valence-electron chi connectivity index (χ1n) is 4.63. The summed E-state index contributed by atoms with van der Waals surface area (Å²) in [4.78, 5) is 0.828. The first kappa shape index (κ1) is 13.1. The molecule has 0 saturated carbocycles. The lowest BCUT2D eigenvalue weighted by molar-refractivity contribution is 0.577. The van der Waals surface area contributed by atoms with Gasteiger partial charge in [0.2, 0.25) is 0 Å². The van der Waals surface area contributed by atoms with Gasteiger partial charge in [0, 0.05) is 15.4 Å². The number of rotatable bonds is 2. The molecule has 17 heavy (non-hydrogen) atoms. The molecule has 2 rings (SSSR count). The molecule has 0 saturated heterocycles. The highest BCUT2D eigenvalue weighted by Gasteiger charge is 2.15. The third kappa shape index (κ3) is 2.93. The van der Waals surface area contributed by atoms with Crippen LogP contribution in [-0.2, 0) is 0 Å². The zero-order valence-electron chi connectivity index (χ0n) is 8.38. The standard InChI is InChI=1S/C11H7Br2F2NS/c12-8-4-9(17-11(8)13)10(16)5-1-6(14)3-7(15)2-5/h1-4,10H,16H2. The van der Waals surface area contributed by atoms with Gasteiger partial charge in [0.05, 0.1) is 9.83 Å². The monoisotopic (exact) mass is 381 g/mol. The molecular weight excluding hydrogens is 376 g/mol. The van der Waals surface area contributed by atoms with Crippen LogP contribution in [0, 0.1) is 11.6 Å². The summed E-state index contributed by atoms with van der Waals surface area (Å²) in [5.41, 5.74) is 6.39. The van der Waals surface area contributed by atoms with Gasteiger partial charge >= 0.3 is 0 Å². The minimum atomic E-state index is -0.620. The van der Waals surface area contributed by atoms with Crippen molar-refractivity contribution in [2.45, 2.75) is 6.04 Å². The molecule has 0 spiro atoms. The lowest BCUT2D eigenvalue weighted by Gasteiger charge is -2.10. The summed E-state index contributed by atoms with van der Waals surface area (Å²) in [6.45, 7) is 0. The maximum Gasteiger partial charge on any atom is 0.126 e. The Morgan fingerprint density at radius 3 is 2.12 bits per heavy atom. The van der Waals surface area contributed by atoms with Gasteiger partial charge in [-0.15, -0.1) is 11.3 Å². The minimum Gasteiger partial charge on any atom is -0.320 e. The van der Waals surface area contributed by atoms with Gasteiger partial charge in [-0.2, -0.15) is 0 Å². The van der Waals surface area contributed by atoms with E-state index in [0.29, 0.717) is 5.56 Å².